The number of likely N-dealkylation sites (N-methyl/N-ethyl adjacent to an activating group) is 1. The van der Waals surface area contributed by atoms with Crippen LogP contribution in [-0.4, -0.2) is 76.6 Å². The molecule has 10 nitrogen and oxygen atoms in total. The number of amides is 4. The fourth-order valence-corrected chi connectivity index (χ4v) is 4.36. The second-order valence-electron chi connectivity index (χ2n) is 9.81. The number of hydrogen-bond acceptors (Lipinski definition) is 6. The Morgan fingerprint density at radius 1 is 1.15 bits per heavy atom. The van der Waals surface area contributed by atoms with Crippen LogP contribution >= 0.6 is 0 Å². The third-order valence-corrected chi connectivity index (χ3v) is 6.78. The first kappa shape index (κ1) is 28.5. The Bertz CT molecular complexity index is 1350. The van der Waals surface area contributed by atoms with Gasteiger partial charge < -0.3 is 30.3 Å². The minimum absolute atomic E-state index is 0.135. The average Bonchev–Trinajstić information content (AvgIpc) is 2.96. The number of halogens is 1. The van der Waals surface area contributed by atoms with Crippen LogP contribution in [0.1, 0.15) is 34.6 Å². The van der Waals surface area contributed by atoms with Gasteiger partial charge in [-0.2, -0.15) is 0 Å². The summed E-state index contributed by atoms with van der Waals surface area (Å²) in [5.41, 5.74) is 1.33. The Labute approximate surface area is 231 Å². The summed E-state index contributed by atoms with van der Waals surface area (Å²) in [6.07, 6.45) is 2.41. The zero-order valence-corrected chi connectivity index (χ0v) is 22.5. The first-order valence-corrected chi connectivity index (χ1v) is 12.9. The molecule has 210 valence electrons. The molecule has 2 aromatic carbocycles. The van der Waals surface area contributed by atoms with E-state index in [0.717, 1.165) is 0 Å². The molecule has 0 spiro atoms. The lowest BCUT2D eigenvalue weighted by atomic mass is 9.99. The van der Waals surface area contributed by atoms with E-state index in [1.807, 2.05) is 6.92 Å². The maximum Gasteiger partial charge on any atom is 0.321 e. The molecule has 0 saturated carbocycles. The number of carbonyl (C=O) groups excluding carboxylic acids is 3. The van der Waals surface area contributed by atoms with Crippen molar-refractivity contribution >= 4 is 29.2 Å². The standard InChI is InChI=1S/C29H32FN5O5/c1-18-15-35(19(2)17-36)28(38)23-5-4-6-24(33-27(37)20-11-13-31-14-12-20)26(23)40-25(18)16-34(3)29(39)32-22-9-7-21(30)8-10-22/h4-14,18-19,25,36H,15-17H2,1-3H3,(H,32,39)(H,33,37)/t18-,19-,25+/m0/s1. The molecule has 1 aliphatic rings. The van der Waals surface area contributed by atoms with Gasteiger partial charge in [0, 0.05) is 43.2 Å². The highest BCUT2D eigenvalue weighted by molar-refractivity contribution is 6.07. The summed E-state index contributed by atoms with van der Waals surface area (Å²) in [6.45, 7) is 3.81. The molecule has 3 N–H and O–H groups in total. The van der Waals surface area contributed by atoms with E-state index in [9.17, 15) is 23.9 Å². The van der Waals surface area contributed by atoms with Crippen LogP contribution in [0.5, 0.6) is 5.75 Å². The SMILES string of the molecule is C[C@H]1CN([C@@H](C)CO)C(=O)c2cccc(NC(=O)c3ccncc3)c2O[C@@H]1CN(C)C(=O)Nc1ccc(F)cc1. The molecule has 0 aliphatic carbocycles. The van der Waals surface area contributed by atoms with Crippen LogP contribution in [0.25, 0.3) is 0 Å². The van der Waals surface area contributed by atoms with E-state index in [1.54, 1.807) is 49.2 Å². The van der Waals surface area contributed by atoms with Gasteiger partial charge in [-0.25, -0.2) is 9.18 Å². The van der Waals surface area contributed by atoms with E-state index in [4.69, 9.17) is 4.74 Å². The van der Waals surface area contributed by atoms with Gasteiger partial charge in [-0.3, -0.25) is 14.6 Å². The third kappa shape index (κ3) is 6.55. The molecule has 0 fully saturated rings. The number of aromatic nitrogens is 1. The van der Waals surface area contributed by atoms with Gasteiger partial charge in [0.25, 0.3) is 11.8 Å². The second-order valence-corrected chi connectivity index (χ2v) is 9.81. The molecule has 0 bridgehead atoms. The molecule has 4 amide bonds. The van der Waals surface area contributed by atoms with Crippen molar-refractivity contribution in [1.29, 1.82) is 0 Å². The Kier molecular flexibility index (Phi) is 8.95. The van der Waals surface area contributed by atoms with Crippen molar-refractivity contribution in [3.05, 3.63) is 83.9 Å². The van der Waals surface area contributed by atoms with E-state index < -0.39 is 29.9 Å². The van der Waals surface area contributed by atoms with Crippen molar-refractivity contribution in [3.8, 4) is 5.75 Å². The number of aliphatic hydroxyl groups excluding tert-OH is 1. The van der Waals surface area contributed by atoms with Gasteiger partial charge >= 0.3 is 6.03 Å². The molecule has 0 unspecified atom stereocenters. The molecule has 2 heterocycles. The number of nitrogens with one attached hydrogen (secondary N) is 2. The number of fused-ring (bicyclic) bond motifs is 1. The number of carbonyl (C=O) groups is 3. The van der Waals surface area contributed by atoms with Crippen molar-refractivity contribution in [1.82, 2.24) is 14.8 Å². The highest BCUT2D eigenvalue weighted by Gasteiger charge is 2.35. The van der Waals surface area contributed by atoms with Crippen LogP contribution in [-0.2, 0) is 0 Å². The molecular weight excluding hydrogens is 517 g/mol. The first-order chi connectivity index (χ1) is 19.2. The zero-order chi connectivity index (χ0) is 28.8. The van der Waals surface area contributed by atoms with Crippen LogP contribution in [0.4, 0.5) is 20.6 Å². The Hall–Kier alpha value is -4.51. The predicted octanol–water partition coefficient (Wildman–Crippen LogP) is 3.86. The zero-order valence-electron chi connectivity index (χ0n) is 22.5. The Morgan fingerprint density at radius 2 is 1.85 bits per heavy atom. The fraction of sp³-hybridized carbons (Fsp3) is 0.310. The van der Waals surface area contributed by atoms with E-state index in [-0.39, 0.29) is 42.8 Å². The van der Waals surface area contributed by atoms with E-state index in [0.29, 0.717) is 16.9 Å². The Morgan fingerprint density at radius 3 is 2.52 bits per heavy atom. The molecule has 1 aromatic heterocycles. The largest absolute Gasteiger partial charge is 0.485 e. The summed E-state index contributed by atoms with van der Waals surface area (Å²) in [6, 6.07) is 12.5. The van der Waals surface area contributed by atoms with Crippen molar-refractivity contribution < 1.29 is 28.6 Å². The number of rotatable bonds is 7. The number of nitrogens with zero attached hydrogens (tertiary/aromatic N) is 3. The van der Waals surface area contributed by atoms with Gasteiger partial charge in [0.15, 0.2) is 5.75 Å². The molecule has 40 heavy (non-hydrogen) atoms. The van der Waals surface area contributed by atoms with Crippen LogP contribution in [0.15, 0.2) is 67.0 Å². The molecule has 0 radical (unpaired) electrons. The summed E-state index contributed by atoms with van der Waals surface area (Å²) in [7, 11) is 1.60. The normalized spacial score (nSPS) is 17.5. The number of hydrogen-bond donors (Lipinski definition) is 3. The van der Waals surface area contributed by atoms with Crippen LogP contribution in [0, 0.1) is 11.7 Å². The van der Waals surface area contributed by atoms with Crippen LogP contribution in [0.2, 0.25) is 0 Å². The van der Waals surface area contributed by atoms with E-state index >= 15 is 0 Å². The molecular formula is C29H32FN5O5. The van der Waals surface area contributed by atoms with Gasteiger partial charge in [0.05, 0.1) is 30.4 Å². The minimum Gasteiger partial charge on any atom is -0.485 e. The minimum atomic E-state index is -0.594. The van der Waals surface area contributed by atoms with Crippen molar-refractivity contribution in [3.63, 3.8) is 0 Å². The second kappa shape index (κ2) is 12.6. The number of urea groups is 1. The smallest absolute Gasteiger partial charge is 0.321 e. The highest BCUT2D eigenvalue weighted by Crippen LogP contribution is 2.35. The van der Waals surface area contributed by atoms with Crippen molar-refractivity contribution in [2.75, 3.05) is 37.4 Å². The lowest BCUT2D eigenvalue weighted by Gasteiger charge is -2.38. The van der Waals surface area contributed by atoms with E-state index in [1.165, 1.54) is 41.6 Å². The average molecular weight is 550 g/mol. The maximum atomic E-state index is 13.6. The molecule has 1 aliphatic heterocycles. The monoisotopic (exact) mass is 549 g/mol. The Balaban J connectivity index is 1.64. The lowest BCUT2D eigenvalue weighted by Crippen LogP contribution is -2.50. The number of para-hydroxylation sites is 1. The molecule has 3 aromatic rings. The predicted molar refractivity (Wildman–Crippen MR) is 148 cm³/mol. The van der Waals surface area contributed by atoms with Gasteiger partial charge in [0.1, 0.15) is 11.9 Å². The van der Waals surface area contributed by atoms with Gasteiger partial charge in [0.2, 0.25) is 0 Å². The number of pyridine rings is 1. The summed E-state index contributed by atoms with van der Waals surface area (Å²) >= 11 is 0. The van der Waals surface area contributed by atoms with Gasteiger partial charge in [-0.05, 0) is 55.5 Å². The van der Waals surface area contributed by atoms with Crippen molar-refractivity contribution in [2.45, 2.75) is 26.0 Å². The number of anilines is 2. The molecule has 3 atom stereocenters. The summed E-state index contributed by atoms with van der Waals surface area (Å²) in [4.78, 5) is 46.4. The van der Waals surface area contributed by atoms with Crippen LogP contribution < -0.4 is 15.4 Å². The number of aliphatic hydroxyl groups is 1. The third-order valence-electron chi connectivity index (χ3n) is 6.78. The molecule has 4 rings (SSSR count). The van der Waals surface area contributed by atoms with E-state index in [2.05, 4.69) is 15.6 Å². The number of ether oxygens (including phenoxy) is 1. The van der Waals surface area contributed by atoms with Crippen molar-refractivity contribution in [2.24, 2.45) is 5.92 Å². The van der Waals surface area contributed by atoms with Crippen LogP contribution in [0.3, 0.4) is 0 Å². The quantitative estimate of drug-likeness (QED) is 0.411. The maximum absolute atomic E-state index is 13.6. The summed E-state index contributed by atoms with van der Waals surface area (Å²) < 4.78 is 19.7. The lowest BCUT2D eigenvalue weighted by molar-refractivity contribution is 0.0372. The topological polar surface area (TPSA) is 124 Å². The fourth-order valence-electron chi connectivity index (χ4n) is 4.36. The first-order valence-electron chi connectivity index (χ1n) is 12.9. The molecule has 0 saturated heterocycles. The highest BCUT2D eigenvalue weighted by atomic mass is 19.1. The number of benzene rings is 2. The summed E-state index contributed by atoms with van der Waals surface area (Å²) in [5.74, 6) is -1.26. The summed E-state index contributed by atoms with van der Waals surface area (Å²) in [5, 5.41) is 15.4. The van der Waals surface area contributed by atoms with Gasteiger partial charge in [-0.15, -0.1) is 0 Å². The molecule has 11 heteroatoms. The van der Waals surface area contributed by atoms with Gasteiger partial charge in [-0.1, -0.05) is 13.0 Å².